The van der Waals surface area contributed by atoms with Gasteiger partial charge in [-0.05, 0) is 31.7 Å². The molecule has 1 saturated heterocycles. The fraction of sp³-hybridized carbons (Fsp3) is 0.615. The molecule has 0 aliphatic carbocycles. The van der Waals surface area contributed by atoms with Gasteiger partial charge in [0.05, 0.1) is 10.6 Å². The first kappa shape index (κ1) is 15.9. The molecule has 1 aromatic rings. The minimum atomic E-state index is -4.41. The Hall–Kier alpha value is -0.490. The van der Waals surface area contributed by atoms with Crippen LogP contribution < -0.4 is 4.90 Å². The van der Waals surface area contributed by atoms with Crippen molar-refractivity contribution in [2.24, 2.45) is 0 Å². The van der Waals surface area contributed by atoms with Gasteiger partial charge in [0.25, 0.3) is 0 Å². The molecule has 112 valence electrons. The van der Waals surface area contributed by atoms with E-state index < -0.39 is 11.7 Å². The number of rotatable bonds is 3. The Kier molecular flexibility index (Phi) is 5.18. The molecule has 1 fully saturated rings. The van der Waals surface area contributed by atoms with Gasteiger partial charge >= 0.3 is 6.18 Å². The lowest BCUT2D eigenvalue weighted by Gasteiger charge is -2.37. The molecule has 0 radical (unpaired) electrons. The Labute approximate surface area is 129 Å². The lowest BCUT2D eigenvalue weighted by atomic mass is 10.00. The van der Waals surface area contributed by atoms with Crippen molar-refractivity contribution in [1.82, 2.24) is 4.98 Å². The molecule has 0 bridgehead atoms. The van der Waals surface area contributed by atoms with Gasteiger partial charge in [-0.2, -0.15) is 13.2 Å². The summed E-state index contributed by atoms with van der Waals surface area (Å²) in [4.78, 5) is 5.99. The molecule has 0 N–H and O–H groups in total. The summed E-state index contributed by atoms with van der Waals surface area (Å²) in [6, 6.07) is 1.24. The molecule has 0 spiro atoms. The Morgan fingerprint density at radius 3 is 2.75 bits per heavy atom. The first-order valence-corrected chi connectivity index (χ1v) is 7.98. The highest BCUT2D eigenvalue weighted by Gasteiger charge is 2.33. The van der Waals surface area contributed by atoms with Gasteiger partial charge in [-0.3, -0.25) is 0 Å². The van der Waals surface area contributed by atoms with Gasteiger partial charge in [0.1, 0.15) is 5.82 Å². The molecule has 0 saturated carbocycles. The normalized spacial score (nSPS) is 20.2. The lowest BCUT2D eigenvalue weighted by molar-refractivity contribution is -0.137. The van der Waals surface area contributed by atoms with E-state index in [1.165, 1.54) is 0 Å². The number of alkyl halides is 4. The summed E-state index contributed by atoms with van der Waals surface area (Å²) >= 11 is 9.43. The molecule has 7 heteroatoms. The predicted octanol–water partition coefficient (Wildman–Crippen LogP) is 4.90. The molecule has 2 rings (SSSR count). The van der Waals surface area contributed by atoms with Crippen molar-refractivity contribution in [3.8, 4) is 0 Å². The first-order valence-electron chi connectivity index (χ1n) is 6.49. The maximum Gasteiger partial charge on any atom is 0.417 e. The Balaban J connectivity index is 2.27. The predicted molar refractivity (Wildman–Crippen MR) is 77.6 cm³/mol. The largest absolute Gasteiger partial charge is 0.417 e. The summed E-state index contributed by atoms with van der Waals surface area (Å²) in [5, 5.41) is 0.924. The smallest absolute Gasteiger partial charge is 0.352 e. The van der Waals surface area contributed by atoms with Crippen LogP contribution in [0.15, 0.2) is 12.3 Å². The third-order valence-corrected chi connectivity index (χ3v) is 4.23. The van der Waals surface area contributed by atoms with Crippen LogP contribution in [0.3, 0.4) is 0 Å². The number of nitrogens with zero attached hydrogens (tertiary/aromatic N) is 2. The van der Waals surface area contributed by atoms with E-state index in [0.29, 0.717) is 5.82 Å². The van der Waals surface area contributed by atoms with Gasteiger partial charge in [0.15, 0.2) is 0 Å². The van der Waals surface area contributed by atoms with Crippen molar-refractivity contribution in [2.75, 3.05) is 16.8 Å². The van der Waals surface area contributed by atoms with Crippen LogP contribution in [-0.4, -0.2) is 22.9 Å². The SMILES string of the molecule is FC(F)(F)c1cnc(N2CCCCC2CCBr)c(Cl)c1. The minimum absolute atomic E-state index is 0.0706. The highest BCUT2D eigenvalue weighted by molar-refractivity contribution is 9.09. The lowest BCUT2D eigenvalue weighted by Crippen LogP contribution is -2.40. The quantitative estimate of drug-likeness (QED) is 0.703. The zero-order valence-corrected chi connectivity index (χ0v) is 13.1. The van der Waals surface area contributed by atoms with Gasteiger partial charge < -0.3 is 4.90 Å². The summed E-state index contributed by atoms with van der Waals surface area (Å²) < 4.78 is 37.9. The van der Waals surface area contributed by atoms with Crippen LogP contribution in [0.25, 0.3) is 0 Å². The fourth-order valence-electron chi connectivity index (χ4n) is 2.50. The molecular weight excluding hydrogens is 357 g/mol. The average Bonchev–Trinajstić information content (AvgIpc) is 2.39. The van der Waals surface area contributed by atoms with Crippen molar-refractivity contribution in [3.05, 3.63) is 22.8 Å². The van der Waals surface area contributed by atoms with Crippen LogP contribution in [0.1, 0.15) is 31.2 Å². The molecule has 20 heavy (non-hydrogen) atoms. The van der Waals surface area contributed by atoms with E-state index in [2.05, 4.69) is 20.9 Å². The molecular formula is C13H15BrClF3N2. The zero-order valence-electron chi connectivity index (χ0n) is 10.8. The first-order chi connectivity index (χ1) is 9.43. The van der Waals surface area contributed by atoms with E-state index in [1.54, 1.807) is 0 Å². The van der Waals surface area contributed by atoms with E-state index in [0.717, 1.165) is 49.8 Å². The van der Waals surface area contributed by atoms with E-state index in [9.17, 15) is 13.2 Å². The van der Waals surface area contributed by atoms with Gasteiger partial charge in [0.2, 0.25) is 0 Å². The van der Waals surface area contributed by atoms with E-state index in [4.69, 9.17) is 11.6 Å². The van der Waals surface area contributed by atoms with Crippen LogP contribution >= 0.6 is 27.5 Å². The third-order valence-electron chi connectivity index (χ3n) is 3.49. The monoisotopic (exact) mass is 370 g/mol. The molecule has 1 aliphatic rings. The molecule has 1 unspecified atom stereocenters. The number of piperidine rings is 1. The standard InChI is InChI=1S/C13H15BrClF3N2/c14-5-4-10-3-1-2-6-20(10)12-11(15)7-9(8-19-12)13(16,17)18/h7-8,10H,1-6H2. The Morgan fingerprint density at radius 1 is 1.40 bits per heavy atom. The third kappa shape index (κ3) is 3.58. The Bertz CT molecular complexity index is 465. The Morgan fingerprint density at radius 2 is 2.15 bits per heavy atom. The number of pyridine rings is 1. The number of anilines is 1. The molecule has 0 aromatic carbocycles. The topological polar surface area (TPSA) is 16.1 Å². The number of hydrogen-bond acceptors (Lipinski definition) is 2. The van der Waals surface area contributed by atoms with Gasteiger partial charge in [-0.15, -0.1) is 0 Å². The summed E-state index contributed by atoms with van der Waals surface area (Å²) in [6.45, 7) is 0.787. The van der Waals surface area contributed by atoms with Crippen molar-refractivity contribution in [2.45, 2.75) is 37.9 Å². The highest BCUT2D eigenvalue weighted by atomic mass is 79.9. The molecule has 2 nitrogen and oxygen atoms in total. The van der Waals surface area contributed by atoms with Crippen molar-refractivity contribution >= 4 is 33.3 Å². The summed E-state index contributed by atoms with van der Waals surface area (Å²) in [6.07, 6.45) is 0.543. The maximum absolute atomic E-state index is 12.6. The van der Waals surface area contributed by atoms with E-state index >= 15 is 0 Å². The van der Waals surface area contributed by atoms with Crippen molar-refractivity contribution in [3.63, 3.8) is 0 Å². The fourth-order valence-corrected chi connectivity index (χ4v) is 3.31. The second kappa shape index (κ2) is 6.52. The highest BCUT2D eigenvalue weighted by Crippen LogP contribution is 2.35. The van der Waals surface area contributed by atoms with E-state index in [1.807, 2.05) is 4.90 Å². The number of hydrogen-bond donors (Lipinski definition) is 0. The van der Waals surface area contributed by atoms with Crippen molar-refractivity contribution < 1.29 is 13.2 Å². The number of aromatic nitrogens is 1. The van der Waals surface area contributed by atoms with Crippen LogP contribution in [0.4, 0.5) is 19.0 Å². The van der Waals surface area contributed by atoms with Crippen LogP contribution in [0.2, 0.25) is 5.02 Å². The minimum Gasteiger partial charge on any atom is -0.352 e. The molecule has 1 aliphatic heterocycles. The van der Waals surface area contributed by atoms with Gasteiger partial charge in [0, 0.05) is 24.1 Å². The second-order valence-corrected chi connectivity index (χ2v) is 6.05. The molecule has 1 atom stereocenters. The van der Waals surface area contributed by atoms with Gasteiger partial charge in [-0.1, -0.05) is 27.5 Å². The van der Waals surface area contributed by atoms with Crippen LogP contribution in [0.5, 0.6) is 0 Å². The maximum atomic E-state index is 12.6. The average molecular weight is 372 g/mol. The van der Waals surface area contributed by atoms with Crippen LogP contribution in [0, 0.1) is 0 Å². The van der Waals surface area contributed by atoms with E-state index in [-0.39, 0.29) is 11.1 Å². The van der Waals surface area contributed by atoms with Crippen LogP contribution in [-0.2, 0) is 6.18 Å². The summed E-state index contributed by atoms with van der Waals surface area (Å²) in [7, 11) is 0. The summed E-state index contributed by atoms with van der Waals surface area (Å²) in [5.74, 6) is 0.463. The number of halogens is 5. The van der Waals surface area contributed by atoms with Crippen molar-refractivity contribution in [1.29, 1.82) is 0 Å². The molecule has 2 heterocycles. The second-order valence-electron chi connectivity index (χ2n) is 4.85. The van der Waals surface area contributed by atoms with Gasteiger partial charge in [-0.25, -0.2) is 4.98 Å². The molecule has 0 amide bonds. The zero-order chi connectivity index (χ0) is 14.8. The molecule has 1 aromatic heterocycles. The summed E-state index contributed by atoms with van der Waals surface area (Å²) in [5.41, 5.74) is -0.805.